The normalized spacial score (nSPS) is 10.8. The zero-order valence-corrected chi connectivity index (χ0v) is 7.62. The van der Waals surface area contributed by atoms with E-state index in [1.165, 1.54) is 0 Å². The Morgan fingerprint density at radius 2 is 2.00 bits per heavy atom. The minimum absolute atomic E-state index is 0.759. The molecule has 0 aromatic heterocycles. The lowest BCUT2D eigenvalue weighted by atomic mass is 10.4. The summed E-state index contributed by atoms with van der Waals surface area (Å²) in [7, 11) is 4.15. The Labute approximate surface area is 68.5 Å². The van der Waals surface area contributed by atoms with Crippen LogP contribution in [-0.4, -0.2) is 44.5 Å². The molecule has 0 saturated heterocycles. The molecule has 0 amide bonds. The SMILES string of the molecule is CN(C)CCNCCCCl. The molecule has 0 aliphatic rings. The summed E-state index contributed by atoms with van der Waals surface area (Å²) < 4.78 is 0. The molecule has 0 heterocycles. The van der Waals surface area contributed by atoms with Crippen LogP contribution in [0.15, 0.2) is 0 Å². The fourth-order valence-electron chi connectivity index (χ4n) is 0.619. The van der Waals surface area contributed by atoms with Gasteiger partial charge in [0.25, 0.3) is 0 Å². The van der Waals surface area contributed by atoms with Crippen LogP contribution in [0, 0.1) is 0 Å². The van der Waals surface area contributed by atoms with Gasteiger partial charge in [0.15, 0.2) is 0 Å². The highest BCUT2D eigenvalue weighted by atomic mass is 35.5. The molecule has 0 aromatic carbocycles. The first-order chi connectivity index (χ1) is 4.77. The maximum atomic E-state index is 5.49. The van der Waals surface area contributed by atoms with Gasteiger partial charge in [-0.25, -0.2) is 0 Å². The third kappa shape index (κ3) is 8.21. The van der Waals surface area contributed by atoms with Crippen molar-refractivity contribution >= 4 is 11.6 Å². The number of alkyl halides is 1. The van der Waals surface area contributed by atoms with E-state index in [9.17, 15) is 0 Å². The van der Waals surface area contributed by atoms with E-state index < -0.39 is 0 Å². The molecule has 0 aliphatic carbocycles. The highest BCUT2D eigenvalue weighted by Crippen LogP contribution is 1.80. The number of halogens is 1. The van der Waals surface area contributed by atoms with Crippen molar-refractivity contribution in [3.05, 3.63) is 0 Å². The van der Waals surface area contributed by atoms with Crippen LogP contribution in [0.2, 0.25) is 0 Å². The monoisotopic (exact) mass is 164 g/mol. The molecule has 0 spiro atoms. The summed E-state index contributed by atoms with van der Waals surface area (Å²) in [5, 5.41) is 3.29. The van der Waals surface area contributed by atoms with Crippen LogP contribution in [0.1, 0.15) is 6.42 Å². The van der Waals surface area contributed by atoms with Crippen LogP contribution in [0.3, 0.4) is 0 Å². The van der Waals surface area contributed by atoms with Crippen LogP contribution in [0.4, 0.5) is 0 Å². The predicted octanol–water partition coefficient (Wildman–Crippen LogP) is 0.766. The largest absolute Gasteiger partial charge is 0.315 e. The standard InChI is InChI=1S/C7H17ClN2/c1-10(2)7-6-9-5-3-4-8/h9H,3-7H2,1-2H3. The zero-order chi connectivity index (χ0) is 7.82. The third-order valence-corrected chi connectivity index (χ3v) is 1.49. The molecule has 0 aromatic rings. The molecule has 3 heteroatoms. The second kappa shape index (κ2) is 7.32. The quantitative estimate of drug-likeness (QED) is 0.461. The topological polar surface area (TPSA) is 15.3 Å². The lowest BCUT2D eigenvalue weighted by Gasteiger charge is -2.09. The van der Waals surface area contributed by atoms with Gasteiger partial charge in [-0.3, -0.25) is 0 Å². The summed E-state index contributed by atoms with van der Waals surface area (Å²) in [6.07, 6.45) is 1.06. The van der Waals surface area contributed by atoms with Crippen LogP contribution >= 0.6 is 11.6 Å². The minimum atomic E-state index is 0.759. The Morgan fingerprint density at radius 3 is 2.50 bits per heavy atom. The van der Waals surface area contributed by atoms with E-state index in [1.807, 2.05) is 0 Å². The molecule has 0 saturated carbocycles. The second-order valence-corrected chi connectivity index (χ2v) is 2.97. The summed E-state index contributed by atoms with van der Waals surface area (Å²) in [6.45, 7) is 3.20. The fraction of sp³-hybridized carbons (Fsp3) is 1.00. The van der Waals surface area contributed by atoms with Gasteiger partial charge in [-0.15, -0.1) is 11.6 Å². The van der Waals surface area contributed by atoms with E-state index >= 15 is 0 Å². The van der Waals surface area contributed by atoms with E-state index in [1.54, 1.807) is 0 Å². The molecule has 0 bridgehead atoms. The molecular formula is C7H17ClN2. The second-order valence-electron chi connectivity index (χ2n) is 2.60. The number of nitrogens with zero attached hydrogens (tertiary/aromatic N) is 1. The molecular weight excluding hydrogens is 148 g/mol. The number of nitrogens with one attached hydrogen (secondary N) is 1. The number of hydrogen-bond acceptors (Lipinski definition) is 2. The highest BCUT2D eigenvalue weighted by molar-refractivity contribution is 6.17. The first kappa shape index (κ1) is 10.2. The third-order valence-electron chi connectivity index (χ3n) is 1.22. The lowest BCUT2D eigenvalue weighted by molar-refractivity contribution is 0.400. The van der Waals surface area contributed by atoms with Gasteiger partial charge in [0.1, 0.15) is 0 Å². The molecule has 0 unspecified atom stereocenters. The summed E-state index contributed by atoms with van der Waals surface area (Å²) in [5.74, 6) is 0.759. The summed E-state index contributed by atoms with van der Waals surface area (Å²) in [4.78, 5) is 2.16. The number of hydrogen-bond donors (Lipinski definition) is 1. The van der Waals surface area contributed by atoms with Crippen LogP contribution in [0.5, 0.6) is 0 Å². The van der Waals surface area contributed by atoms with Crippen molar-refractivity contribution in [2.75, 3.05) is 39.6 Å². The van der Waals surface area contributed by atoms with E-state index in [0.717, 1.165) is 31.9 Å². The summed E-state index contributed by atoms with van der Waals surface area (Å²) in [6, 6.07) is 0. The first-order valence-corrected chi connectivity index (χ1v) is 4.22. The Hall–Kier alpha value is 0.210. The average molecular weight is 165 g/mol. The molecule has 0 atom stereocenters. The van der Waals surface area contributed by atoms with Crippen molar-refractivity contribution in [2.24, 2.45) is 0 Å². The van der Waals surface area contributed by atoms with E-state index in [4.69, 9.17) is 11.6 Å². The van der Waals surface area contributed by atoms with Gasteiger partial charge in [0, 0.05) is 19.0 Å². The van der Waals surface area contributed by atoms with Crippen molar-refractivity contribution in [1.29, 1.82) is 0 Å². The van der Waals surface area contributed by atoms with Crippen molar-refractivity contribution in [3.8, 4) is 0 Å². The first-order valence-electron chi connectivity index (χ1n) is 3.69. The van der Waals surface area contributed by atoms with Gasteiger partial charge >= 0.3 is 0 Å². The Morgan fingerprint density at radius 1 is 1.30 bits per heavy atom. The van der Waals surface area contributed by atoms with Crippen molar-refractivity contribution in [2.45, 2.75) is 6.42 Å². The molecule has 0 aliphatic heterocycles. The fourth-order valence-corrected chi connectivity index (χ4v) is 0.753. The Kier molecular flexibility index (Phi) is 7.47. The van der Waals surface area contributed by atoms with Crippen LogP contribution in [0.25, 0.3) is 0 Å². The van der Waals surface area contributed by atoms with Gasteiger partial charge < -0.3 is 10.2 Å². The predicted molar refractivity (Wildman–Crippen MR) is 46.8 cm³/mol. The highest BCUT2D eigenvalue weighted by Gasteiger charge is 1.88. The van der Waals surface area contributed by atoms with Crippen LogP contribution < -0.4 is 5.32 Å². The molecule has 0 rings (SSSR count). The Bertz CT molecular complexity index is 66.6. The molecule has 10 heavy (non-hydrogen) atoms. The van der Waals surface area contributed by atoms with Gasteiger partial charge in [-0.2, -0.15) is 0 Å². The molecule has 0 radical (unpaired) electrons. The molecule has 1 N–H and O–H groups in total. The summed E-state index contributed by atoms with van der Waals surface area (Å²) >= 11 is 5.49. The zero-order valence-electron chi connectivity index (χ0n) is 6.86. The number of rotatable bonds is 6. The van der Waals surface area contributed by atoms with E-state index in [2.05, 4.69) is 24.3 Å². The molecule has 62 valence electrons. The van der Waals surface area contributed by atoms with Crippen molar-refractivity contribution < 1.29 is 0 Å². The van der Waals surface area contributed by atoms with Crippen molar-refractivity contribution in [1.82, 2.24) is 10.2 Å². The lowest BCUT2D eigenvalue weighted by Crippen LogP contribution is -2.27. The molecule has 2 nitrogen and oxygen atoms in total. The molecule has 0 fully saturated rings. The minimum Gasteiger partial charge on any atom is -0.315 e. The maximum absolute atomic E-state index is 5.49. The van der Waals surface area contributed by atoms with E-state index in [-0.39, 0.29) is 0 Å². The van der Waals surface area contributed by atoms with Gasteiger partial charge in [-0.05, 0) is 27.1 Å². The summed E-state index contributed by atoms with van der Waals surface area (Å²) in [5.41, 5.74) is 0. The van der Waals surface area contributed by atoms with Crippen LogP contribution in [-0.2, 0) is 0 Å². The van der Waals surface area contributed by atoms with Gasteiger partial charge in [0.05, 0.1) is 0 Å². The van der Waals surface area contributed by atoms with Gasteiger partial charge in [-0.1, -0.05) is 0 Å². The van der Waals surface area contributed by atoms with Crippen molar-refractivity contribution in [3.63, 3.8) is 0 Å². The average Bonchev–Trinajstić information content (AvgIpc) is 1.87. The number of likely N-dealkylation sites (N-methyl/N-ethyl adjacent to an activating group) is 1. The maximum Gasteiger partial charge on any atom is 0.0235 e. The van der Waals surface area contributed by atoms with E-state index in [0.29, 0.717) is 0 Å². The van der Waals surface area contributed by atoms with Gasteiger partial charge in [0.2, 0.25) is 0 Å². The smallest absolute Gasteiger partial charge is 0.0235 e. The Balaban J connectivity index is 2.77.